The van der Waals surface area contributed by atoms with Crippen LogP contribution in [0.5, 0.6) is 0 Å². The zero-order valence-corrected chi connectivity index (χ0v) is 12.8. The molecule has 0 aliphatic rings. The van der Waals surface area contributed by atoms with Crippen molar-refractivity contribution in [3.63, 3.8) is 0 Å². The van der Waals surface area contributed by atoms with Gasteiger partial charge in [-0.05, 0) is 44.0 Å². The van der Waals surface area contributed by atoms with E-state index in [4.69, 9.17) is 11.6 Å². The summed E-state index contributed by atoms with van der Waals surface area (Å²) in [6, 6.07) is 11.4. The fourth-order valence-electron chi connectivity index (χ4n) is 2.44. The van der Waals surface area contributed by atoms with E-state index in [1.807, 2.05) is 38.1 Å². The van der Waals surface area contributed by atoms with Crippen molar-refractivity contribution in [2.45, 2.75) is 32.4 Å². The third-order valence-corrected chi connectivity index (χ3v) is 3.82. The first-order valence-electron chi connectivity index (χ1n) is 6.92. The van der Waals surface area contributed by atoms with E-state index in [0.717, 1.165) is 5.56 Å². The van der Waals surface area contributed by atoms with E-state index in [9.17, 15) is 8.78 Å². The Kier molecular flexibility index (Phi) is 5.32. The van der Waals surface area contributed by atoms with Crippen molar-refractivity contribution in [1.82, 2.24) is 5.32 Å². The number of hydrogen-bond donors (Lipinski definition) is 1. The van der Waals surface area contributed by atoms with Crippen molar-refractivity contribution in [1.29, 1.82) is 0 Å². The van der Waals surface area contributed by atoms with Crippen LogP contribution in [0, 0.1) is 11.6 Å². The Morgan fingerprint density at radius 1 is 1.00 bits per heavy atom. The van der Waals surface area contributed by atoms with Crippen LogP contribution in [0.3, 0.4) is 0 Å². The topological polar surface area (TPSA) is 12.0 Å². The highest BCUT2D eigenvalue weighted by atomic mass is 35.5. The first-order valence-corrected chi connectivity index (χ1v) is 7.30. The molecule has 2 unspecified atom stereocenters. The molecule has 2 atom stereocenters. The largest absolute Gasteiger partial charge is 0.307 e. The molecule has 0 heterocycles. The van der Waals surface area contributed by atoms with E-state index in [1.54, 1.807) is 0 Å². The standard InChI is InChI=1S/C17H18ClF2N/c1-11(10-14-16(19)8-5-9-17(14)20)21-12(2)13-6-3-4-7-15(13)18/h3-9,11-12,21H,10H2,1-2H3. The predicted molar refractivity (Wildman–Crippen MR) is 82.5 cm³/mol. The Morgan fingerprint density at radius 3 is 2.24 bits per heavy atom. The highest BCUT2D eigenvalue weighted by molar-refractivity contribution is 6.31. The Hall–Kier alpha value is -1.45. The molecule has 0 spiro atoms. The van der Waals surface area contributed by atoms with E-state index in [0.29, 0.717) is 5.02 Å². The minimum Gasteiger partial charge on any atom is -0.307 e. The average molecular weight is 310 g/mol. The van der Waals surface area contributed by atoms with Gasteiger partial charge in [-0.15, -0.1) is 0 Å². The Labute approximate surface area is 128 Å². The van der Waals surface area contributed by atoms with Crippen molar-refractivity contribution >= 4 is 11.6 Å². The SMILES string of the molecule is CC(Cc1c(F)cccc1F)NC(C)c1ccccc1Cl. The van der Waals surface area contributed by atoms with E-state index in [-0.39, 0.29) is 24.1 Å². The van der Waals surface area contributed by atoms with Gasteiger partial charge >= 0.3 is 0 Å². The van der Waals surface area contributed by atoms with Gasteiger partial charge in [0.2, 0.25) is 0 Å². The molecule has 0 aromatic heterocycles. The monoisotopic (exact) mass is 309 g/mol. The summed E-state index contributed by atoms with van der Waals surface area (Å²) in [5.41, 5.74) is 1.09. The second-order valence-electron chi connectivity index (χ2n) is 5.22. The van der Waals surface area contributed by atoms with Crippen LogP contribution in [0.2, 0.25) is 5.02 Å². The van der Waals surface area contributed by atoms with E-state index < -0.39 is 11.6 Å². The zero-order valence-electron chi connectivity index (χ0n) is 12.0. The van der Waals surface area contributed by atoms with Crippen molar-refractivity contribution in [2.75, 3.05) is 0 Å². The second-order valence-corrected chi connectivity index (χ2v) is 5.62. The van der Waals surface area contributed by atoms with E-state index in [2.05, 4.69) is 5.32 Å². The quantitative estimate of drug-likeness (QED) is 0.828. The average Bonchev–Trinajstić information content (AvgIpc) is 2.43. The number of rotatable bonds is 5. The molecule has 0 bridgehead atoms. The first-order chi connectivity index (χ1) is 9.99. The molecule has 2 aromatic carbocycles. The van der Waals surface area contributed by atoms with Gasteiger partial charge in [-0.1, -0.05) is 35.9 Å². The third-order valence-electron chi connectivity index (χ3n) is 3.48. The van der Waals surface area contributed by atoms with Crippen molar-refractivity contribution in [2.24, 2.45) is 0 Å². The van der Waals surface area contributed by atoms with Gasteiger partial charge in [-0.3, -0.25) is 0 Å². The van der Waals surface area contributed by atoms with Crippen LogP contribution >= 0.6 is 11.6 Å². The predicted octanol–water partition coefficient (Wildman–Crippen LogP) is 4.90. The van der Waals surface area contributed by atoms with E-state index in [1.165, 1.54) is 18.2 Å². The van der Waals surface area contributed by atoms with Crippen LogP contribution in [0.15, 0.2) is 42.5 Å². The Morgan fingerprint density at radius 2 is 1.62 bits per heavy atom. The summed E-state index contributed by atoms with van der Waals surface area (Å²) in [5.74, 6) is -1.01. The van der Waals surface area contributed by atoms with Crippen LogP contribution in [0.1, 0.15) is 31.0 Å². The summed E-state index contributed by atoms with van der Waals surface area (Å²) >= 11 is 6.15. The lowest BCUT2D eigenvalue weighted by atomic mass is 10.0. The summed E-state index contributed by atoms with van der Waals surface area (Å²) in [6.07, 6.45) is 0.285. The van der Waals surface area contributed by atoms with Gasteiger partial charge in [0, 0.05) is 22.7 Å². The molecule has 1 nitrogen and oxygen atoms in total. The normalized spacial score (nSPS) is 14.0. The first kappa shape index (κ1) is 15.9. The van der Waals surface area contributed by atoms with Gasteiger partial charge in [0.1, 0.15) is 11.6 Å². The molecule has 112 valence electrons. The Bertz CT molecular complexity index is 595. The maximum atomic E-state index is 13.6. The third kappa shape index (κ3) is 4.02. The molecule has 0 aliphatic heterocycles. The summed E-state index contributed by atoms with van der Waals surface area (Å²) in [7, 11) is 0. The number of nitrogens with one attached hydrogen (secondary N) is 1. The molecule has 0 aliphatic carbocycles. The number of hydrogen-bond acceptors (Lipinski definition) is 1. The maximum Gasteiger partial charge on any atom is 0.129 e. The van der Waals surface area contributed by atoms with Gasteiger partial charge in [0.05, 0.1) is 0 Å². The Balaban J connectivity index is 2.05. The molecule has 0 radical (unpaired) electrons. The molecule has 4 heteroatoms. The molecular weight excluding hydrogens is 292 g/mol. The summed E-state index contributed by atoms with van der Waals surface area (Å²) < 4.78 is 27.3. The minimum atomic E-state index is -0.506. The summed E-state index contributed by atoms with van der Waals surface area (Å²) in [5, 5.41) is 4.00. The van der Waals surface area contributed by atoms with Crippen LogP contribution in [-0.4, -0.2) is 6.04 Å². The minimum absolute atomic E-state index is 0.00327. The van der Waals surface area contributed by atoms with Crippen LogP contribution in [-0.2, 0) is 6.42 Å². The lowest BCUT2D eigenvalue weighted by Crippen LogP contribution is -2.31. The fourth-order valence-corrected chi connectivity index (χ4v) is 2.73. The lowest BCUT2D eigenvalue weighted by molar-refractivity contribution is 0.457. The van der Waals surface area contributed by atoms with Gasteiger partial charge < -0.3 is 5.32 Å². The van der Waals surface area contributed by atoms with Gasteiger partial charge in [-0.2, -0.15) is 0 Å². The van der Waals surface area contributed by atoms with Crippen molar-refractivity contribution in [3.05, 3.63) is 70.2 Å². The van der Waals surface area contributed by atoms with E-state index >= 15 is 0 Å². The molecule has 0 amide bonds. The van der Waals surface area contributed by atoms with Crippen molar-refractivity contribution in [3.8, 4) is 0 Å². The van der Waals surface area contributed by atoms with Gasteiger partial charge in [0.25, 0.3) is 0 Å². The number of benzene rings is 2. The molecule has 1 N–H and O–H groups in total. The molecule has 0 saturated carbocycles. The smallest absolute Gasteiger partial charge is 0.129 e. The summed E-state index contributed by atoms with van der Waals surface area (Å²) in [6.45, 7) is 3.88. The lowest BCUT2D eigenvalue weighted by Gasteiger charge is -2.21. The molecule has 2 rings (SSSR count). The van der Waals surface area contributed by atoms with Gasteiger partial charge in [-0.25, -0.2) is 8.78 Å². The van der Waals surface area contributed by atoms with Crippen LogP contribution in [0.4, 0.5) is 8.78 Å². The fraction of sp³-hybridized carbons (Fsp3) is 0.294. The molecular formula is C17H18ClF2N. The maximum absolute atomic E-state index is 13.6. The molecule has 2 aromatic rings. The second kappa shape index (κ2) is 7.01. The van der Waals surface area contributed by atoms with Crippen LogP contribution in [0.25, 0.3) is 0 Å². The zero-order chi connectivity index (χ0) is 15.4. The molecule has 21 heavy (non-hydrogen) atoms. The molecule has 0 fully saturated rings. The summed E-state index contributed by atoms with van der Waals surface area (Å²) in [4.78, 5) is 0. The number of halogens is 3. The molecule has 0 saturated heterocycles. The van der Waals surface area contributed by atoms with Gasteiger partial charge in [0.15, 0.2) is 0 Å². The highest BCUT2D eigenvalue weighted by Crippen LogP contribution is 2.23. The van der Waals surface area contributed by atoms with Crippen molar-refractivity contribution < 1.29 is 8.78 Å². The van der Waals surface area contributed by atoms with Crippen LogP contribution < -0.4 is 5.32 Å². The highest BCUT2D eigenvalue weighted by Gasteiger charge is 2.16.